The molecule has 112 valence electrons. The number of halogens is 4. The van der Waals surface area contributed by atoms with Crippen molar-refractivity contribution >= 4 is 21.8 Å². The van der Waals surface area contributed by atoms with Gasteiger partial charge < -0.3 is 5.32 Å². The summed E-state index contributed by atoms with van der Waals surface area (Å²) in [4.78, 5) is 11.8. The monoisotopic (exact) mass is 351 g/mol. The highest BCUT2D eigenvalue weighted by atomic mass is 79.9. The van der Waals surface area contributed by atoms with Crippen molar-refractivity contribution in [1.29, 1.82) is 0 Å². The van der Waals surface area contributed by atoms with Gasteiger partial charge in [-0.15, -0.1) is 0 Å². The van der Waals surface area contributed by atoms with Gasteiger partial charge in [-0.1, -0.05) is 35.0 Å². The number of benzene rings is 1. The van der Waals surface area contributed by atoms with Gasteiger partial charge >= 0.3 is 6.18 Å². The van der Waals surface area contributed by atoms with Gasteiger partial charge in [-0.2, -0.15) is 13.2 Å². The molecule has 0 fully saturated rings. The molecule has 6 heteroatoms. The third-order valence-electron chi connectivity index (χ3n) is 2.96. The van der Waals surface area contributed by atoms with E-state index in [1.807, 2.05) is 6.92 Å². The van der Waals surface area contributed by atoms with Crippen LogP contribution in [-0.2, 0) is 17.4 Å². The lowest BCUT2D eigenvalue weighted by atomic mass is 10.1. The number of carbonyl (C=O) groups excluding carboxylic acids is 1. The van der Waals surface area contributed by atoms with Crippen molar-refractivity contribution in [3.63, 3.8) is 0 Å². The molecule has 1 atom stereocenters. The molecule has 0 bridgehead atoms. The van der Waals surface area contributed by atoms with Gasteiger partial charge in [0.2, 0.25) is 5.91 Å². The quantitative estimate of drug-likeness (QED) is 0.773. The number of amides is 1. The lowest BCUT2D eigenvalue weighted by Crippen LogP contribution is -2.35. The molecule has 0 heterocycles. The Balaban J connectivity index is 2.58. The first-order chi connectivity index (χ1) is 9.36. The first kappa shape index (κ1) is 17.0. The summed E-state index contributed by atoms with van der Waals surface area (Å²) < 4.78 is 37.2. The zero-order chi connectivity index (χ0) is 15.2. The first-order valence-corrected chi connectivity index (χ1v) is 7.50. The Bertz CT molecular complexity index is 431. The number of alkyl halides is 4. The van der Waals surface area contributed by atoms with E-state index in [4.69, 9.17) is 0 Å². The molecule has 1 aromatic rings. The third kappa shape index (κ3) is 5.53. The maximum Gasteiger partial charge on any atom is 0.416 e. The summed E-state index contributed by atoms with van der Waals surface area (Å²) in [5, 5.41) is 3.67. The Morgan fingerprint density at radius 1 is 1.30 bits per heavy atom. The van der Waals surface area contributed by atoms with Crippen LogP contribution < -0.4 is 5.32 Å². The fourth-order valence-electron chi connectivity index (χ4n) is 1.79. The maximum atomic E-state index is 12.4. The summed E-state index contributed by atoms with van der Waals surface area (Å²) in [5.41, 5.74) is -0.128. The van der Waals surface area contributed by atoms with Gasteiger partial charge in [-0.3, -0.25) is 4.79 Å². The molecule has 20 heavy (non-hydrogen) atoms. The second-order valence-electron chi connectivity index (χ2n) is 4.52. The van der Waals surface area contributed by atoms with Gasteiger partial charge in [-0.05, 0) is 30.5 Å². The van der Waals surface area contributed by atoms with Gasteiger partial charge in [0.1, 0.15) is 0 Å². The van der Waals surface area contributed by atoms with E-state index in [2.05, 4.69) is 21.2 Å². The average molecular weight is 352 g/mol. The maximum absolute atomic E-state index is 12.4. The van der Waals surface area contributed by atoms with Crippen molar-refractivity contribution in [3.05, 3.63) is 35.4 Å². The summed E-state index contributed by atoms with van der Waals surface area (Å²) in [7, 11) is 0. The molecule has 1 N–H and O–H groups in total. The van der Waals surface area contributed by atoms with E-state index >= 15 is 0 Å². The van der Waals surface area contributed by atoms with E-state index in [0.29, 0.717) is 5.56 Å². The van der Waals surface area contributed by atoms with Crippen molar-refractivity contribution in [3.8, 4) is 0 Å². The molecule has 0 aliphatic heterocycles. The van der Waals surface area contributed by atoms with Crippen LogP contribution >= 0.6 is 15.9 Å². The van der Waals surface area contributed by atoms with Crippen molar-refractivity contribution in [1.82, 2.24) is 5.32 Å². The number of hydrogen-bond donors (Lipinski definition) is 1. The largest absolute Gasteiger partial charge is 0.416 e. The highest BCUT2D eigenvalue weighted by Gasteiger charge is 2.29. The SMILES string of the molecule is CCC(CCBr)NC(=O)Cc1ccc(C(F)(F)F)cc1. The molecular formula is C14H17BrF3NO. The lowest BCUT2D eigenvalue weighted by Gasteiger charge is -2.15. The number of rotatable bonds is 6. The van der Waals surface area contributed by atoms with Crippen LogP contribution in [0.2, 0.25) is 0 Å². The van der Waals surface area contributed by atoms with Crippen LogP contribution in [0.4, 0.5) is 13.2 Å². The van der Waals surface area contributed by atoms with Crippen LogP contribution in [0.3, 0.4) is 0 Å². The van der Waals surface area contributed by atoms with E-state index in [1.54, 1.807) is 0 Å². The van der Waals surface area contributed by atoms with E-state index in [0.717, 1.165) is 30.3 Å². The first-order valence-electron chi connectivity index (χ1n) is 6.38. The predicted octanol–water partition coefficient (Wildman–Crippen LogP) is 3.93. The van der Waals surface area contributed by atoms with E-state index in [1.165, 1.54) is 12.1 Å². The summed E-state index contributed by atoms with van der Waals surface area (Å²) in [6.45, 7) is 1.98. The van der Waals surface area contributed by atoms with Gasteiger partial charge in [0, 0.05) is 11.4 Å². The Morgan fingerprint density at radius 2 is 1.90 bits per heavy atom. The Kier molecular flexibility index (Phi) is 6.52. The molecule has 1 amide bonds. The van der Waals surface area contributed by atoms with Gasteiger partial charge in [0.25, 0.3) is 0 Å². The minimum atomic E-state index is -4.34. The molecular weight excluding hydrogens is 335 g/mol. The standard InChI is InChI=1S/C14H17BrF3NO/c1-2-12(7-8-15)19-13(20)9-10-3-5-11(6-4-10)14(16,17)18/h3-6,12H,2,7-9H2,1H3,(H,19,20). The molecule has 0 aliphatic carbocycles. The van der Waals surface area contributed by atoms with Crippen LogP contribution in [0.15, 0.2) is 24.3 Å². The molecule has 0 saturated heterocycles. The van der Waals surface area contributed by atoms with Crippen LogP contribution in [0, 0.1) is 0 Å². The van der Waals surface area contributed by atoms with Crippen LogP contribution in [0.1, 0.15) is 30.9 Å². The molecule has 1 rings (SSSR count). The molecule has 1 aromatic carbocycles. The van der Waals surface area contributed by atoms with Gasteiger partial charge in [0.15, 0.2) is 0 Å². The second-order valence-corrected chi connectivity index (χ2v) is 5.31. The third-order valence-corrected chi connectivity index (χ3v) is 3.42. The lowest BCUT2D eigenvalue weighted by molar-refractivity contribution is -0.137. The summed E-state index contributed by atoms with van der Waals surface area (Å²) in [6, 6.07) is 4.77. The minimum absolute atomic E-state index is 0.0938. The van der Waals surface area contributed by atoms with Gasteiger partial charge in [0.05, 0.1) is 12.0 Å². The van der Waals surface area contributed by atoms with Crippen LogP contribution in [0.25, 0.3) is 0 Å². The Hall–Kier alpha value is -1.04. The van der Waals surface area contributed by atoms with Gasteiger partial charge in [-0.25, -0.2) is 0 Å². The zero-order valence-corrected chi connectivity index (χ0v) is 12.7. The fraction of sp³-hybridized carbons (Fsp3) is 0.500. The molecule has 0 aromatic heterocycles. The van der Waals surface area contributed by atoms with E-state index in [-0.39, 0.29) is 18.4 Å². The highest BCUT2D eigenvalue weighted by molar-refractivity contribution is 9.09. The number of hydrogen-bond acceptors (Lipinski definition) is 1. The highest BCUT2D eigenvalue weighted by Crippen LogP contribution is 2.29. The van der Waals surface area contributed by atoms with Crippen molar-refractivity contribution in [2.75, 3.05) is 5.33 Å². The minimum Gasteiger partial charge on any atom is -0.353 e. The normalized spacial score (nSPS) is 13.1. The summed E-state index contributed by atoms with van der Waals surface area (Å²) in [6.07, 6.45) is -2.60. The average Bonchev–Trinajstić information content (AvgIpc) is 2.37. The fourth-order valence-corrected chi connectivity index (χ4v) is 2.34. The van der Waals surface area contributed by atoms with Crippen LogP contribution in [-0.4, -0.2) is 17.3 Å². The number of nitrogens with one attached hydrogen (secondary N) is 1. The zero-order valence-electron chi connectivity index (χ0n) is 11.1. The van der Waals surface area contributed by atoms with Crippen molar-refractivity contribution in [2.45, 2.75) is 38.4 Å². The molecule has 0 spiro atoms. The topological polar surface area (TPSA) is 29.1 Å². The van der Waals surface area contributed by atoms with E-state index in [9.17, 15) is 18.0 Å². The van der Waals surface area contributed by atoms with E-state index < -0.39 is 11.7 Å². The van der Waals surface area contributed by atoms with Crippen LogP contribution in [0.5, 0.6) is 0 Å². The molecule has 1 unspecified atom stereocenters. The Labute approximate surface area is 124 Å². The molecule has 0 saturated carbocycles. The Morgan fingerprint density at radius 3 is 2.35 bits per heavy atom. The molecule has 2 nitrogen and oxygen atoms in total. The second kappa shape index (κ2) is 7.67. The summed E-state index contributed by atoms with van der Waals surface area (Å²) in [5.74, 6) is -0.169. The molecule has 0 aliphatic rings. The molecule has 0 radical (unpaired) electrons. The van der Waals surface area contributed by atoms with Crippen molar-refractivity contribution < 1.29 is 18.0 Å². The number of carbonyl (C=O) groups is 1. The van der Waals surface area contributed by atoms with Crippen molar-refractivity contribution in [2.24, 2.45) is 0 Å². The predicted molar refractivity (Wildman–Crippen MR) is 75.8 cm³/mol. The smallest absolute Gasteiger partial charge is 0.353 e. The summed E-state index contributed by atoms with van der Waals surface area (Å²) >= 11 is 3.32.